The molecule has 3 saturated heterocycles. The van der Waals surface area contributed by atoms with Crippen LogP contribution in [0.25, 0.3) is 5.70 Å². The van der Waals surface area contributed by atoms with Gasteiger partial charge in [-0.2, -0.15) is 0 Å². The fourth-order valence-electron chi connectivity index (χ4n) is 6.89. The first-order chi connectivity index (χ1) is 22.3. The van der Waals surface area contributed by atoms with Crippen molar-refractivity contribution in [1.82, 2.24) is 14.7 Å². The molecule has 2 atom stereocenters. The minimum atomic E-state index is 0.0764. The van der Waals surface area contributed by atoms with Crippen molar-refractivity contribution in [1.29, 1.82) is 0 Å². The van der Waals surface area contributed by atoms with Gasteiger partial charge in [0, 0.05) is 70.0 Å². The van der Waals surface area contributed by atoms with Crippen LogP contribution in [0.5, 0.6) is 0 Å². The van der Waals surface area contributed by atoms with Crippen LogP contribution in [0, 0.1) is 12.8 Å². The summed E-state index contributed by atoms with van der Waals surface area (Å²) in [5.74, 6) is 3.06. The van der Waals surface area contributed by atoms with Crippen molar-refractivity contribution in [3.63, 3.8) is 0 Å². The van der Waals surface area contributed by atoms with Crippen molar-refractivity contribution in [3.05, 3.63) is 64.5 Å². The van der Waals surface area contributed by atoms with Crippen LogP contribution in [0.3, 0.4) is 0 Å². The molecule has 0 N–H and O–H groups in total. The third-order valence-electron chi connectivity index (χ3n) is 9.48. The molecule has 0 radical (unpaired) electrons. The van der Waals surface area contributed by atoms with E-state index in [2.05, 4.69) is 76.2 Å². The van der Waals surface area contributed by atoms with Gasteiger partial charge in [-0.25, -0.2) is 4.99 Å². The van der Waals surface area contributed by atoms with Gasteiger partial charge in [-0.3, -0.25) is 14.7 Å². The Morgan fingerprint density at radius 3 is 2.34 bits per heavy atom. The maximum absolute atomic E-state index is 10.8. The van der Waals surface area contributed by atoms with Gasteiger partial charge in [0.2, 0.25) is 5.91 Å². The molecular weight excluding hydrogens is 582 g/mol. The van der Waals surface area contributed by atoms with Crippen molar-refractivity contribution in [2.24, 2.45) is 15.9 Å². The number of aryl methyl sites for hydroxylation is 1. The number of rotatable bonds is 5. The smallest absolute Gasteiger partial charge is 0.245 e. The number of benzene rings is 1. The van der Waals surface area contributed by atoms with Crippen molar-refractivity contribution in [3.8, 4) is 0 Å². The number of nitrogens with zero attached hydrogens (tertiary/aromatic N) is 5. The minimum Gasteiger partial charge on any atom is -0.484 e. The summed E-state index contributed by atoms with van der Waals surface area (Å²) in [5, 5.41) is 0. The Bertz CT molecular complexity index is 1320. The standard InChI is InChI=1S/C22H31N3O.C9H17N.C7H11NO.C2H6/c1-14(2)18-10-9-15(3)20(12-18)21-16(4)11-19(13-23-21)22(25(6)7)24-17(5)26-8;1-8-6-9(2)4-3-5-10(9)7-8;1-2-7(9)8-5-3-4-6-8;1-2/h9-10,12-14H,11H2,1-8H3;8H,3-7H2,1-2H3;2H,1,3-6H2;1-2H3/b22-19-,24-17+;;;. The number of amides is 1. The number of hydrogen-bond donors (Lipinski definition) is 0. The van der Waals surface area contributed by atoms with Gasteiger partial charge in [0.05, 0.1) is 12.8 Å². The summed E-state index contributed by atoms with van der Waals surface area (Å²) in [5.41, 5.74) is 7.89. The first-order valence-electron chi connectivity index (χ1n) is 17.8. The van der Waals surface area contributed by atoms with Crippen LogP contribution in [-0.2, 0) is 9.53 Å². The minimum absolute atomic E-state index is 0.0764. The van der Waals surface area contributed by atoms with Gasteiger partial charge in [0.25, 0.3) is 0 Å². The number of aliphatic imine (C=N–C) groups is 2. The summed E-state index contributed by atoms with van der Waals surface area (Å²) >= 11 is 0. The Morgan fingerprint density at radius 1 is 1.15 bits per heavy atom. The molecule has 47 heavy (non-hydrogen) atoms. The molecular formula is C40H65N5O2. The SMILES string of the molecule is C=CC(=O)N1CCCC1.CC.CC1CN2CCCC2(C)C1.CO/C(C)=N/C(=C1/C=NC(c2cc(C(C)C)ccc2C)=C(C)C1)N(C)C. The highest BCUT2D eigenvalue weighted by Gasteiger charge is 2.42. The van der Waals surface area contributed by atoms with E-state index in [-0.39, 0.29) is 5.91 Å². The molecule has 3 fully saturated rings. The molecule has 7 heteroatoms. The summed E-state index contributed by atoms with van der Waals surface area (Å²) < 4.78 is 5.22. The second kappa shape index (κ2) is 19.0. The molecule has 5 rings (SSSR count). The third-order valence-corrected chi connectivity index (χ3v) is 9.48. The second-order valence-corrected chi connectivity index (χ2v) is 14.0. The first-order valence-corrected chi connectivity index (χ1v) is 17.8. The summed E-state index contributed by atoms with van der Waals surface area (Å²) in [7, 11) is 5.63. The molecule has 1 aromatic carbocycles. The number of ether oxygens (including phenoxy) is 1. The number of carbonyl (C=O) groups is 1. The van der Waals surface area contributed by atoms with Crippen molar-refractivity contribution >= 4 is 23.7 Å². The third kappa shape index (κ3) is 11.2. The summed E-state index contributed by atoms with van der Waals surface area (Å²) in [6.45, 7) is 27.4. The average molecular weight is 648 g/mol. The lowest BCUT2D eigenvalue weighted by atomic mass is 9.92. The number of methoxy groups -OCH3 is 1. The van der Waals surface area contributed by atoms with Gasteiger partial charge in [0.15, 0.2) is 5.90 Å². The lowest BCUT2D eigenvalue weighted by Crippen LogP contribution is -2.34. The van der Waals surface area contributed by atoms with E-state index in [1.165, 1.54) is 60.7 Å². The Kier molecular flexibility index (Phi) is 16.1. The highest BCUT2D eigenvalue weighted by molar-refractivity contribution is 5.91. The maximum Gasteiger partial charge on any atom is 0.245 e. The molecule has 1 amide bonds. The summed E-state index contributed by atoms with van der Waals surface area (Å²) in [6, 6.07) is 6.69. The van der Waals surface area contributed by atoms with Gasteiger partial charge in [-0.05, 0) is 100 Å². The molecule has 4 aliphatic rings. The maximum atomic E-state index is 10.8. The van der Waals surface area contributed by atoms with Crippen molar-refractivity contribution < 1.29 is 9.53 Å². The Hall–Kier alpha value is -3.19. The first kappa shape index (κ1) is 40.0. The molecule has 0 bridgehead atoms. The molecule has 262 valence electrons. The molecule has 0 aliphatic carbocycles. The largest absolute Gasteiger partial charge is 0.484 e. The molecule has 2 unspecified atom stereocenters. The van der Waals surface area contributed by atoms with Gasteiger partial charge in [-0.1, -0.05) is 53.3 Å². The fraction of sp³-hybridized carbons (Fsp3) is 0.625. The van der Waals surface area contributed by atoms with E-state index in [0.29, 0.717) is 17.4 Å². The van der Waals surface area contributed by atoms with E-state index in [1.54, 1.807) is 7.11 Å². The van der Waals surface area contributed by atoms with E-state index in [9.17, 15) is 4.79 Å². The highest BCUT2D eigenvalue weighted by Crippen LogP contribution is 2.40. The zero-order chi connectivity index (χ0) is 35.3. The molecule has 4 heterocycles. The predicted molar refractivity (Wildman–Crippen MR) is 202 cm³/mol. The van der Waals surface area contributed by atoms with Crippen LogP contribution in [0.4, 0.5) is 0 Å². The van der Waals surface area contributed by atoms with Crippen LogP contribution in [0.15, 0.2) is 57.8 Å². The highest BCUT2D eigenvalue weighted by atomic mass is 16.5. The van der Waals surface area contributed by atoms with Crippen molar-refractivity contribution in [2.45, 2.75) is 112 Å². The van der Waals surface area contributed by atoms with E-state index < -0.39 is 0 Å². The Morgan fingerprint density at radius 2 is 1.81 bits per heavy atom. The van der Waals surface area contributed by atoms with Crippen LogP contribution in [0.2, 0.25) is 0 Å². The number of likely N-dealkylation sites (tertiary alicyclic amines) is 1. The zero-order valence-electron chi connectivity index (χ0n) is 31.9. The molecule has 0 saturated carbocycles. The number of carbonyl (C=O) groups excluding carboxylic acids is 1. The van der Waals surface area contributed by atoms with Crippen LogP contribution in [-0.4, -0.2) is 85.6 Å². The second-order valence-electron chi connectivity index (χ2n) is 14.0. The normalized spacial score (nSPS) is 23.2. The fourth-order valence-corrected chi connectivity index (χ4v) is 6.89. The van der Waals surface area contributed by atoms with Gasteiger partial charge >= 0.3 is 0 Å². The lowest BCUT2D eigenvalue weighted by Gasteiger charge is -2.26. The number of allylic oxidation sites excluding steroid dienone is 2. The van der Waals surface area contributed by atoms with E-state index in [1.807, 2.05) is 50.9 Å². The lowest BCUT2D eigenvalue weighted by molar-refractivity contribution is -0.124. The predicted octanol–water partition coefficient (Wildman–Crippen LogP) is 8.86. The van der Waals surface area contributed by atoms with Gasteiger partial charge in [-0.15, -0.1) is 0 Å². The van der Waals surface area contributed by atoms with Gasteiger partial charge in [0.1, 0.15) is 5.82 Å². The van der Waals surface area contributed by atoms with Crippen LogP contribution in [0.1, 0.15) is 117 Å². The molecule has 1 aromatic rings. The Labute approximate surface area is 287 Å². The summed E-state index contributed by atoms with van der Waals surface area (Å²) in [4.78, 5) is 26.7. The molecule has 0 aromatic heterocycles. The molecule has 7 nitrogen and oxygen atoms in total. The van der Waals surface area contributed by atoms with E-state index in [4.69, 9.17) is 9.73 Å². The van der Waals surface area contributed by atoms with E-state index in [0.717, 1.165) is 55.4 Å². The summed E-state index contributed by atoms with van der Waals surface area (Å²) in [6.07, 6.45) is 10.8. The van der Waals surface area contributed by atoms with E-state index >= 15 is 0 Å². The average Bonchev–Trinajstić information content (AvgIpc) is 3.77. The van der Waals surface area contributed by atoms with Crippen LogP contribution < -0.4 is 0 Å². The topological polar surface area (TPSA) is 60.7 Å². The zero-order valence-corrected chi connectivity index (χ0v) is 31.9. The molecule has 4 aliphatic heterocycles. The van der Waals surface area contributed by atoms with Crippen LogP contribution >= 0.6 is 0 Å². The quantitative estimate of drug-likeness (QED) is 0.182. The Balaban J connectivity index is 0.000000295. The number of fused-ring (bicyclic) bond motifs is 1. The monoisotopic (exact) mass is 648 g/mol. The number of hydrogen-bond acceptors (Lipinski definition) is 6. The van der Waals surface area contributed by atoms with Crippen molar-refractivity contribution in [2.75, 3.05) is 47.4 Å². The molecule has 0 spiro atoms. The van der Waals surface area contributed by atoms with Gasteiger partial charge < -0.3 is 14.5 Å².